The fourth-order valence-corrected chi connectivity index (χ4v) is 3.20. The summed E-state index contributed by atoms with van der Waals surface area (Å²) in [5.41, 5.74) is 5.61. The van der Waals surface area contributed by atoms with Crippen LogP contribution in [0.3, 0.4) is 0 Å². The molecule has 2 aliphatic heterocycles. The molecule has 2 aliphatic rings. The topological polar surface area (TPSA) is 151 Å². The summed E-state index contributed by atoms with van der Waals surface area (Å²) in [4.78, 5) is 47.9. The van der Waals surface area contributed by atoms with Crippen molar-refractivity contribution in [3.63, 3.8) is 0 Å². The van der Waals surface area contributed by atoms with Crippen molar-refractivity contribution in [2.24, 2.45) is 0 Å². The minimum Gasteiger partial charge on any atom is -0.465 e. The van der Waals surface area contributed by atoms with E-state index in [2.05, 4.69) is 16.2 Å². The SMILES string of the molecule is O=C(O)Nc1ccc(CC(=O)NNC(=O)[C@@H]2CC[C@@H]3CN2C(=O)N3O)cc1. The van der Waals surface area contributed by atoms with E-state index in [0.29, 0.717) is 29.2 Å². The van der Waals surface area contributed by atoms with Crippen LogP contribution >= 0.6 is 0 Å². The number of piperidine rings is 1. The molecule has 0 aliphatic carbocycles. The van der Waals surface area contributed by atoms with Gasteiger partial charge in [0, 0.05) is 12.2 Å². The zero-order valence-electron chi connectivity index (χ0n) is 14.2. The number of carbonyl (C=O) groups is 4. The molecule has 1 aromatic rings. The van der Waals surface area contributed by atoms with Crippen molar-refractivity contribution in [1.82, 2.24) is 20.8 Å². The average Bonchev–Trinajstić information content (AvgIpc) is 2.85. The number of hydrogen-bond acceptors (Lipinski definition) is 5. The van der Waals surface area contributed by atoms with E-state index in [1.165, 1.54) is 17.0 Å². The molecule has 5 N–H and O–H groups in total. The fraction of sp³-hybridized carbons (Fsp3) is 0.375. The number of amides is 5. The normalized spacial score (nSPS) is 21.0. The van der Waals surface area contributed by atoms with Gasteiger partial charge in [-0.05, 0) is 30.5 Å². The van der Waals surface area contributed by atoms with Crippen LogP contribution in [0.2, 0.25) is 0 Å². The molecule has 0 spiro atoms. The van der Waals surface area contributed by atoms with Crippen molar-refractivity contribution in [2.75, 3.05) is 11.9 Å². The number of fused-ring (bicyclic) bond motifs is 2. The number of urea groups is 1. The molecule has 0 radical (unpaired) electrons. The predicted octanol–water partition coefficient (Wildman–Crippen LogP) is 0.124. The molecule has 2 saturated heterocycles. The third-order valence-electron chi connectivity index (χ3n) is 4.54. The molecular weight excluding hydrogens is 358 g/mol. The molecule has 1 aromatic carbocycles. The number of hydrazine groups is 1. The lowest BCUT2D eigenvalue weighted by atomic mass is 10.0. The number of benzene rings is 1. The summed E-state index contributed by atoms with van der Waals surface area (Å²) in [6.45, 7) is 0.276. The van der Waals surface area contributed by atoms with E-state index in [1.54, 1.807) is 12.1 Å². The van der Waals surface area contributed by atoms with Gasteiger partial charge in [-0.1, -0.05) is 12.1 Å². The first-order valence-electron chi connectivity index (χ1n) is 8.31. The van der Waals surface area contributed by atoms with Crippen molar-refractivity contribution < 1.29 is 29.5 Å². The third-order valence-corrected chi connectivity index (χ3v) is 4.54. The molecule has 3 rings (SSSR count). The molecule has 11 nitrogen and oxygen atoms in total. The van der Waals surface area contributed by atoms with Gasteiger partial charge in [-0.25, -0.2) is 14.7 Å². The van der Waals surface area contributed by atoms with E-state index in [0.717, 1.165) is 0 Å². The minimum absolute atomic E-state index is 0.0204. The van der Waals surface area contributed by atoms with Crippen LogP contribution in [-0.2, 0) is 16.0 Å². The van der Waals surface area contributed by atoms with E-state index in [4.69, 9.17) is 5.11 Å². The highest BCUT2D eigenvalue weighted by Crippen LogP contribution is 2.28. The van der Waals surface area contributed by atoms with Gasteiger partial charge in [-0.2, -0.15) is 0 Å². The monoisotopic (exact) mass is 377 g/mol. The third kappa shape index (κ3) is 4.08. The maximum Gasteiger partial charge on any atom is 0.409 e. The molecule has 144 valence electrons. The van der Waals surface area contributed by atoms with Crippen LogP contribution in [0.1, 0.15) is 18.4 Å². The van der Waals surface area contributed by atoms with Gasteiger partial charge in [0.1, 0.15) is 6.04 Å². The zero-order chi connectivity index (χ0) is 19.6. The second-order valence-corrected chi connectivity index (χ2v) is 6.37. The Morgan fingerprint density at radius 2 is 1.81 bits per heavy atom. The molecule has 2 atom stereocenters. The molecule has 0 unspecified atom stereocenters. The van der Waals surface area contributed by atoms with Gasteiger partial charge in [-0.3, -0.25) is 31.0 Å². The smallest absolute Gasteiger partial charge is 0.409 e. The lowest BCUT2D eigenvalue weighted by Crippen LogP contribution is -2.54. The van der Waals surface area contributed by atoms with Gasteiger partial charge in [0.15, 0.2) is 0 Å². The van der Waals surface area contributed by atoms with E-state index < -0.39 is 30.0 Å². The van der Waals surface area contributed by atoms with Crippen LogP contribution in [-0.4, -0.2) is 62.8 Å². The number of nitrogens with zero attached hydrogens (tertiary/aromatic N) is 2. The van der Waals surface area contributed by atoms with Gasteiger partial charge in [0.25, 0.3) is 5.91 Å². The lowest BCUT2D eigenvalue weighted by molar-refractivity contribution is -0.131. The Morgan fingerprint density at radius 1 is 1.11 bits per heavy atom. The van der Waals surface area contributed by atoms with Crippen molar-refractivity contribution in [1.29, 1.82) is 0 Å². The first-order chi connectivity index (χ1) is 12.8. The van der Waals surface area contributed by atoms with Crippen LogP contribution in [0.5, 0.6) is 0 Å². The van der Waals surface area contributed by atoms with E-state index in [9.17, 15) is 24.4 Å². The number of hydrogen-bond donors (Lipinski definition) is 5. The van der Waals surface area contributed by atoms with Crippen molar-refractivity contribution >= 4 is 29.6 Å². The Morgan fingerprint density at radius 3 is 2.48 bits per heavy atom. The molecule has 27 heavy (non-hydrogen) atoms. The Hall–Kier alpha value is -3.34. The van der Waals surface area contributed by atoms with Crippen LogP contribution < -0.4 is 16.2 Å². The Kier molecular flexibility index (Phi) is 5.12. The molecular formula is C16H19N5O6. The predicted molar refractivity (Wildman–Crippen MR) is 90.6 cm³/mol. The largest absolute Gasteiger partial charge is 0.465 e. The summed E-state index contributed by atoms with van der Waals surface area (Å²) < 4.78 is 0. The number of hydroxylamine groups is 2. The highest BCUT2D eigenvalue weighted by Gasteiger charge is 2.46. The molecule has 2 fully saturated rings. The van der Waals surface area contributed by atoms with Crippen LogP contribution in [0, 0.1) is 0 Å². The Labute approximate surface area is 153 Å². The summed E-state index contributed by atoms with van der Waals surface area (Å²) in [5.74, 6) is -0.987. The van der Waals surface area contributed by atoms with Gasteiger partial charge in [0.05, 0.1) is 12.5 Å². The second kappa shape index (κ2) is 7.50. The number of anilines is 1. The minimum atomic E-state index is -1.18. The highest BCUT2D eigenvalue weighted by atomic mass is 16.5. The van der Waals surface area contributed by atoms with Crippen molar-refractivity contribution in [2.45, 2.75) is 31.3 Å². The van der Waals surface area contributed by atoms with Crippen molar-refractivity contribution in [3.8, 4) is 0 Å². The van der Waals surface area contributed by atoms with Gasteiger partial charge >= 0.3 is 12.1 Å². The quantitative estimate of drug-likeness (QED) is 0.371. The summed E-state index contributed by atoms with van der Waals surface area (Å²) in [7, 11) is 0. The number of nitrogens with one attached hydrogen (secondary N) is 3. The lowest BCUT2D eigenvalue weighted by Gasteiger charge is -2.29. The second-order valence-electron chi connectivity index (χ2n) is 6.37. The molecule has 11 heteroatoms. The average molecular weight is 377 g/mol. The summed E-state index contributed by atoms with van der Waals surface area (Å²) in [6, 6.07) is 4.57. The Bertz CT molecular complexity index is 767. The standard InChI is InChI=1S/C16H19N5O6/c22-13(7-9-1-3-10(4-2-9)17-15(24)25)18-19-14(23)12-6-5-11-8-20(12)16(26)21(11)27/h1-4,11-12,17,27H,5-8H2,(H,18,22)(H,19,23)(H,24,25)/t11-,12+/m1/s1. The summed E-state index contributed by atoms with van der Waals surface area (Å²) in [6.07, 6.45) is -0.305. The molecule has 5 amide bonds. The summed E-state index contributed by atoms with van der Waals surface area (Å²) >= 11 is 0. The fourth-order valence-electron chi connectivity index (χ4n) is 3.20. The van der Waals surface area contributed by atoms with E-state index in [1.807, 2.05) is 0 Å². The first kappa shape index (κ1) is 18.5. The van der Waals surface area contributed by atoms with Gasteiger partial charge < -0.3 is 10.0 Å². The van der Waals surface area contributed by atoms with Gasteiger partial charge in [0.2, 0.25) is 5.91 Å². The molecule has 0 aromatic heterocycles. The van der Waals surface area contributed by atoms with Crippen LogP contribution in [0.15, 0.2) is 24.3 Å². The maximum absolute atomic E-state index is 12.3. The van der Waals surface area contributed by atoms with Crippen LogP contribution in [0.25, 0.3) is 0 Å². The number of carbonyl (C=O) groups excluding carboxylic acids is 3. The zero-order valence-corrected chi connectivity index (χ0v) is 14.2. The van der Waals surface area contributed by atoms with Crippen LogP contribution in [0.4, 0.5) is 15.3 Å². The molecule has 2 bridgehead atoms. The van der Waals surface area contributed by atoms with E-state index in [-0.39, 0.29) is 19.0 Å². The van der Waals surface area contributed by atoms with E-state index >= 15 is 0 Å². The van der Waals surface area contributed by atoms with Gasteiger partial charge in [-0.15, -0.1) is 0 Å². The Balaban J connectivity index is 1.48. The molecule has 2 heterocycles. The number of rotatable bonds is 4. The molecule has 0 saturated carbocycles. The number of carboxylic acid groups (broad SMARTS) is 1. The highest BCUT2D eigenvalue weighted by molar-refractivity contribution is 5.90. The maximum atomic E-state index is 12.3. The first-order valence-corrected chi connectivity index (χ1v) is 8.31. The van der Waals surface area contributed by atoms with Crippen molar-refractivity contribution in [3.05, 3.63) is 29.8 Å². The summed E-state index contributed by atoms with van der Waals surface area (Å²) in [5, 5.41) is 21.1.